The standard InChI is InChI=1S/C11H6Br2ClN/c12-10-5-8(6-15-11(10)13)7-2-1-3-9(14)4-7/h1-6H. The summed E-state index contributed by atoms with van der Waals surface area (Å²) in [7, 11) is 0. The molecule has 0 aliphatic rings. The Balaban J connectivity index is 2.50. The van der Waals surface area contributed by atoms with Crippen molar-refractivity contribution in [1.29, 1.82) is 0 Å². The van der Waals surface area contributed by atoms with Gasteiger partial charge in [-0.1, -0.05) is 23.7 Å². The molecule has 1 heterocycles. The predicted molar refractivity (Wildman–Crippen MR) is 70.1 cm³/mol. The quantitative estimate of drug-likeness (QED) is 0.667. The molecule has 0 atom stereocenters. The van der Waals surface area contributed by atoms with Gasteiger partial charge in [0.05, 0.1) is 4.47 Å². The predicted octanol–water partition coefficient (Wildman–Crippen LogP) is 4.93. The summed E-state index contributed by atoms with van der Waals surface area (Å²) in [6.45, 7) is 0. The van der Waals surface area contributed by atoms with Gasteiger partial charge in [0.15, 0.2) is 0 Å². The normalized spacial score (nSPS) is 10.3. The first-order valence-electron chi connectivity index (χ1n) is 4.24. The lowest BCUT2D eigenvalue weighted by Crippen LogP contribution is -1.82. The van der Waals surface area contributed by atoms with Gasteiger partial charge < -0.3 is 0 Å². The van der Waals surface area contributed by atoms with Crippen LogP contribution in [0.4, 0.5) is 0 Å². The largest absolute Gasteiger partial charge is 0.248 e. The van der Waals surface area contributed by atoms with Crippen LogP contribution in [0.5, 0.6) is 0 Å². The molecule has 76 valence electrons. The molecule has 4 heteroatoms. The van der Waals surface area contributed by atoms with E-state index in [9.17, 15) is 0 Å². The van der Waals surface area contributed by atoms with Gasteiger partial charge in [0.25, 0.3) is 0 Å². The van der Waals surface area contributed by atoms with Gasteiger partial charge in [-0.3, -0.25) is 0 Å². The number of benzene rings is 1. The number of halogens is 3. The van der Waals surface area contributed by atoms with Crippen LogP contribution in [0.25, 0.3) is 11.1 Å². The highest BCUT2D eigenvalue weighted by Crippen LogP contribution is 2.28. The molecular formula is C11H6Br2ClN. The molecule has 0 saturated heterocycles. The molecule has 0 amide bonds. The molecular weight excluding hydrogens is 341 g/mol. The lowest BCUT2D eigenvalue weighted by molar-refractivity contribution is 1.26. The van der Waals surface area contributed by atoms with E-state index in [0.717, 1.165) is 25.2 Å². The van der Waals surface area contributed by atoms with Crippen molar-refractivity contribution < 1.29 is 0 Å². The highest BCUT2D eigenvalue weighted by atomic mass is 79.9. The fourth-order valence-electron chi connectivity index (χ4n) is 1.25. The van der Waals surface area contributed by atoms with Crippen molar-refractivity contribution in [3.8, 4) is 11.1 Å². The number of pyridine rings is 1. The molecule has 1 nitrogen and oxygen atoms in total. The Morgan fingerprint density at radius 1 is 1.07 bits per heavy atom. The van der Waals surface area contributed by atoms with E-state index in [2.05, 4.69) is 36.8 Å². The van der Waals surface area contributed by atoms with Gasteiger partial charge in [-0.05, 0) is 55.6 Å². The van der Waals surface area contributed by atoms with Crippen LogP contribution >= 0.6 is 43.5 Å². The van der Waals surface area contributed by atoms with E-state index >= 15 is 0 Å². The maximum absolute atomic E-state index is 5.92. The summed E-state index contributed by atoms with van der Waals surface area (Å²) in [5.74, 6) is 0. The molecule has 1 aromatic heterocycles. The zero-order valence-corrected chi connectivity index (χ0v) is 11.5. The van der Waals surface area contributed by atoms with Crippen LogP contribution in [0.3, 0.4) is 0 Å². The SMILES string of the molecule is Clc1cccc(-c2cnc(Br)c(Br)c2)c1. The topological polar surface area (TPSA) is 12.9 Å². The van der Waals surface area contributed by atoms with Crippen molar-refractivity contribution >= 4 is 43.5 Å². The van der Waals surface area contributed by atoms with Gasteiger partial charge in [0.1, 0.15) is 4.60 Å². The molecule has 0 unspecified atom stereocenters. The summed E-state index contributed by atoms with van der Waals surface area (Å²) >= 11 is 12.7. The number of hydrogen-bond acceptors (Lipinski definition) is 1. The summed E-state index contributed by atoms with van der Waals surface area (Å²) in [6.07, 6.45) is 1.81. The second-order valence-corrected chi connectivity index (χ2v) is 5.05. The summed E-state index contributed by atoms with van der Waals surface area (Å²) in [6, 6.07) is 9.70. The molecule has 0 bridgehead atoms. The van der Waals surface area contributed by atoms with Crippen LogP contribution in [0.1, 0.15) is 0 Å². The maximum atomic E-state index is 5.92. The van der Waals surface area contributed by atoms with Gasteiger partial charge >= 0.3 is 0 Å². The minimum absolute atomic E-state index is 0.728. The van der Waals surface area contributed by atoms with Crippen molar-refractivity contribution in [2.75, 3.05) is 0 Å². The van der Waals surface area contributed by atoms with Crippen molar-refractivity contribution in [2.24, 2.45) is 0 Å². The number of aromatic nitrogens is 1. The number of hydrogen-bond donors (Lipinski definition) is 0. The first-order chi connectivity index (χ1) is 7.16. The second kappa shape index (κ2) is 4.64. The van der Waals surface area contributed by atoms with Gasteiger partial charge in [-0.15, -0.1) is 0 Å². The highest BCUT2D eigenvalue weighted by molar-refractivity contribution is 9.13. The molecule has 1 aromatic carbocycles. The van der Waals surface area contributed by atoms with Crippen LogP contribution < -0.4 is 0 Å². The summed E-state index contributed by atoms with van der Waals surface area (Å²) in [5.41, 5.74) is 2.09. The molecule has 0 N–H and O–H groups in total. The first kappa shape index (κ1) is 11.1. The second-order valence-electron chi connectivity index (χ2n) is 3.01. The molecule has 0 radical (unpaired) electrons. The van der Waals surface area contributed by atoms with E-state index in [1.165, 1.54) is 0 Å². The number of rotatable bonds is 1. The number of nitrogens with zero attached hydrogens (tertiary/aromatic N) is 1. The Hall–Kier alpha value is -0.380. The van der Waals surface area contributed by atoms with E-state index < -0.39 is 0 Å². The highest BCUT2D eigenvalue weighted by Gasteiger charge is 2.02. The molecule has 15 heavy (non-hydrogen) atoms. The van der Waals surface area contributed by atoms with Crippen molar-refractivity contribution in [2.45, 2.75) is 0 Å². The van der Waals surface area contributed by atoms with Gasteiger partial charge in [-0.2, -0.15) is 0 Å². The lowest BCUT2D eigenvalue weighted by atomic mass is 10.1. The van der Waals surface area contributed by atoms with E-state index in [1.54, 1.807) is 6.20 Å². The fourth-order valence-corrected chi connectivity index (χ4v) is 2.00. The third-order valence-electron chi connectivity index (χ3n) is 1.95. The molecule has 0 aliphatic heterocycles. The molecule has 0 saturated carbocycles. The van der Waals surface area contributed by atoms with E-state index in [4.69, 9.17) is 11.6 Å². The Bertz CT molecular complexity index is 500. The lowest BCUT2D eigenvalue weighted by Gasteiger charge is -2.03. The fraction of sp³-hybridized carbons (Fsp3) is 0. The maximum Gasteiger partial charge on any atom is 0.120 e. The van der Waals surface area contributed by atoms with Crippen molar-refractivity contribution in [3.63, 3.8) is 0 Å². The monoisotopic (exact) mass is 345 g/mol. The van der Waals surface area contributed by atoms with Crippen molar-refractivity contribution in [1.82, 2.24) is 4.98 Å². The zero-order chi connectivity index (χ0) is 10.8. The van der Waals surface area contributed by atoms with Crippen LogP contribution in [-0.4, -0.2) is 4.98 Å². The van der Waals surface area contributed by atoms with Gasteiger partial charge in [-0.25, -0.2) is 4.98 Å². The molecule has 2 rings (SSSR count). The summed E-state index contributed by atoms with van der Waals surface area (Å²) < 4.78 is 1.73. The third-order valence-corrected chi connectivity index (χ3v) is 3.96. The molecule has 2 aromatic rings. The van der Waals surface area contributed by atoms with Gasteiger partial charge in [0.2, 0.25) is 0 Å². The van der Waals surface area contributed by atoms with E-state index in [0.29, 0.717) is 0 Å². The zero-order valence-electron chi connectivity index (χ0n) is 7.55. The van der Waals surface area contributed by atoms with Crippen LogP contribution in [0.2, 0.25) is 5.02 Å². The summed E-state index contributed by atoms with van der Waals surface area (Å²) in [5, 5.41) is 0.728. The van der Waals surface area contributed by atoms with Gasteiger partial charge in [0, 0.05) is 16.8 Å². The van der Waals surface area contributed by atoms with Crippen LogP contribution in [-0.2, 0) is 0 Å². The molecule has 0 spiro atoms. The Kier molecular flexibility index (Phi) is 3.44. The minimum Gasteiger partial charge on any atom is -0.248 e. The average molecular weight is 347 g/mol. The third kappa shape index (κ3) is 2.60. The minimum atomic E-state index is 0.728. The summed E-state index contributed by atoms with van der Waals surface area (Å²) in [4.78, 5) is 4.21. The van der Waals surface area contributed by atoms with Crippen molar-refractivity contribution in [3.05, 3.63) is 50.6 Å². The molecule has 0 fully saturated rings. The Morgan fingerprint density at radius 3 is 2.53 bits per heavy atom. The van der Waals surface area contributed by atoms with Crippen LogP contribution in [0, 0.1) is 0 Å². The van der Waals surface area contributed by atoms with E-state index in [1.807, 2.05) is 30.3 Å². The van der Waals surface area contributed by atoms with E-state index in [-0.39, 0.29) is 0 Å². The first-order valence-corrected chi connectivity index (χ1v) is 6.20. The smallest absolute Gasteiger partial charge is 0.120 e. The Labute approximate surface area is 110 Å². The Morgan fingerprint density at radius 2 is 1.87 bits per heavy atom. The molecule has 0 aliphatic carbocycles. The average Bonchev–Trinajstić information content (AvgIpc) is 2.22. The van der Waals surface area contributed by atoms with Crippen LogP contribution in [0.15, 0.2) is 45.6 Å².